The van der Waals surface area contributed by atoms with Gasteiger partial charge in [-0.3, -0.25) is 9.88 Å². The number of nitrogens with zero attached hydrogens (tertiary/aromatic N) is 2. The molecule has 7 heteroatoms. The summed E-state index contributed by atoms with van der Waals surface area (Å²) in [4.78, 5) is 25.9. The smallest absolute Gasteiger partial charge is 0.412 e. The number of ether oxygens (including phenoxy) is 1. The Kier molecular flexibility index (Phi) is 5.98. The molecule has 1 aromatic rings. The molecule has 0 saturated heterocycles. The first-order chi connectivity index (χ1) is 9.04. The Bertz CT molecular complexity index is 488. The third-order valence-electron chi connectivity index (χ3n) is 2.49. The number of amides is 1. The van der Waals surface area contributed by atoms with E-state index in [1.165, 1.54) is 7.05 Å². The fraction of sp³-hybridized carbons (Fsp3) is 0.583. The molecule has 0 saturated carbocycles. The largest absolute Gasteiger partial charge is 0.449 e. The third-order valence-corrected chi connectivity index (χ3v) is 2.49. The van der Waals surface area contributed by atoms with Crippen molar-refractivity contribution in [1.82, 2.24) is 9.55 Å². The van der Waals surface area contributed by atoms with Crippen molar-refractivity contribution >= 4 is 11.9 Å². The van der Waals surface area contributed by atoms with E-state index >= 15 is 0 Å². The lowest BCUT2D eigenvalue weighted by molar-refractivity contribution is 0.159. The molecule has 19 heavy (non-hydrogen) atoms. The van der Waals surface area contributed by atoms with Gasteiger partial charge in [-0.05, 0) is 6.42 Å². The first-order valence-electron chi connectivity index (χ1n) is 6.21. The average molecular weight is 271 g/mol. The molecular weight excluding hydrogens is 253 g/mol. The van der Waals surface area contributed by atoms with Crippen LogP contribution in [0.15, 0.2) is 11.0 Å². The van der Waals surface area contributed by atoms with Gasteiger partial charge in [0, 0.05) is 13.2 Å². The van der Waals surface area contributed by atoms with Crippen LogP contribution < -0.4 is 11.0 Å². The summed E-state index contributed by atoms with van der Waals surface area (Å²) in [6.45, 7) is 2.34. The second-order valence-corrected chi connectivity index (χ2v) is 4.15. The molecule has 0 radical (unpaired) electrons. The molecule has 0 spiro atoms. The highest BCUT2D eigenvalue weighted by molar-refractivity contribution is 5.83. The normalized spacial score (nSPS) is 10.3. The maximum Gasteiger partial charge on any atom is 0.412 e. The van der Waals surface area contributed by atoms with Gasteiger partial charge in [-0.15, -0.1) is 0 Å². The molecule has 1 amide bonds. The maximum atomic E-state index is 13.4. The monoisotopic (exact) mass is 271 g/mol. The van der Waals surface area contributed by atoms with Crippen LogP contribution in [0.2, 0.25) is 0 Å². The van der Waals surface area contributed by atoms with Crippen molar-refractivity contribution in [2.45, 2.75) is 32.6 Å². The molecule has 1 N–H and O–H groups in total. The van der Waals surface area contributed by atoms with Crippen LogP contribution in [0.3, 0.4) is 0 Å². The van der Waals surface area contributed by atoms with Gasteiger partial charge in [0.05, 0.1) is 6.61 Å². The summed E-state index contributed by atoms with van der Waals surface area (Å²) >= 11 is 0. The van der Waals surface area contributed by atoms with Crippen LogP contribution in [0.25, 0.3) is 0 Å². The SMILES string of the molecule is CCCCCCOC(=O)Nc1nc(=O)n(C)cc1F. The molecule has 0 aromatic carbocycles. The minimum absolute atomic E-state index is 0.262. The first-order valence-corrected chi connectivity index (χ1v) is 6.21. The van der Waals surface area contributed by atoms with Crippen LogP contribution in [0.5, 0.6) is 0 Å². The Hall–Kier alpha value is -1.92. The number of carbonyl (C=O) groups is 1. The summed E-state index contributed by atoms with van der Waals surface area (Å²) in [5.41, 5.74) is -0.653. The summed E-state index contributed by atoms with van der Waals surface area (Å²) in [6.07, 6.45) is 4.04. The van der Waals surface area contributed by atoms with Crippen molar-refractivity contribution in [1.29, 1.82) is 0 Å². The Labute approximate surface area is 110 Å². The van der Waals surface area contributed by atoms with E-state index in [9.17, 15) is 14.0 Å². The highest BCUT2D eigenvalue weighted by atomic mass is 19.1. The van der Waals surface area contributed by atoms with Crippen LogP contribution in [-0.4, -0.2) is 22.3 Å². The van der Waals surface area contributed by atoms with E-state index in [0.29, 0.717) is 0 Å². The van der Waals surface area contributed by atoms with Gasteiger partial charge in [0.15, 0.2) is 11.6 Å². The Morgan fingerprint density at radius 3 is 2.89 bits per heavy atom. The van der Waals surface area contributed by atoms with E-state index in [-0.39, 0.29) is 6.61 Å². The number of aryl methyl sites for hydroxylation is 1. The number of hydrogen-bond donors (Lipinski definition) is 1. The standard InChI is InChI=1S/C12H18FN3O3/c1-3-4-5-6-7-19-12(18)15-10-9(13)8-16(2)11(17)14-10/h8H,3-7H2,1-2H3,(H,14,15,17,18). The van der Waals surface area contributed by atoms with Crippen molar-refractivity contribution in [3.63, 3.8) is 0 Å². The van der Waals surface area contributed by atoms with E-state index in [4.69, 9.17) is 4.74 Å². The fourth-order valence-electron chi connectivity index (χ4n) is 1.43. The van der Waals surface area contributed by atoms with Gasteiger partial charge in [-0.1, -0.05) is 26.2 Å². The van der Waals surface area contributed by atoms with Crippen LogP contribution >= 0.6 is 0 Å². The van der Waals surface area contributed by atoms with Gasteiger partial charge in [-0.25, -0.2) is 14.0 Å². The minimum Gasteiger partial charge on any atom is -0.449 e. The van der Waals surface area contributed by atoms with Gasteiger partial charge in [0.25, 0.3) is 0 Å². The fourth-order valence-corrected chi connectivity index (χ4v) is 1.43. The topological polar surface area (TPSA) is 73.2 Å². The number of halogens is 1. The zero-order chi connectivity index (χ0) is 14.3. The van der Waals surface area contributed by atoms with Gasteiger partial charge < -0.3 is 4.74 Å². The summed E-state index contributed by atoms with van der Waals surface area (Å²) < 4.78 is 19.2. The van der Waals surface area contributed by atoms with Crippen LogP contribution in [0, 0.1) is 5.82 Å². The zero-order valence-corrected chi connectivity index (χ0v) is 11.1. The number of nitrogens with one attached hydrogen (secondary N) is 1. The van der Waals surface area contributed by atoms with Gasteiger partial charge in [-0.2, -0.15) is 4.98 Å². The molecule has 0 aliphatic rings. The molecule has 0 fully saturated rings. The minimum atomic E-state index is -0.809. The lowest BCUT2D eigenvalue weighted by atomic mass is 10.2. The number of unbranched alkanes of at least 4 members (excludes halogenated alkanes) is 3. The van der Waals surface area contributed by atoms with Crippen molar-refractivity contribution in [2.75, 3.05) is 11.9 Å². The predicted octanol–water partition coefficient (Wildman–Crippen LogP) is 2.05. The quantitative estimate of drug-likeness (QED) is 0.804. The van der Waals surface area contributed by atoms with E-state index in [0.717, 1.165) is 36.4 Å². The zero-order valence-electron chi connectivity index (χ0n) is 11.1. The van der Waals surface area contributed by atoms with E-state index in [2.05, 4.69) is 17.2 Å². The van der Waals surface area contributed by atoms with E-state index in [1.54, 1.807) is 0 Å². The number of carbonyl (C=O) groups excluding carboxylic acids is 1. The maximum absolute atomic E-state index is 13.4. The van der Waals surface area contributed by atoms with Gasteiger partial charge in [0.2, 0.25) is 0 Å². The van der Waals surface area contributed by atoms with E-state index < -0.39 is 23.4 Å². The summed E-state index contributed by atoms with van der Waals surface area (Å²) in [6, 6.07) is 0. The van der Waals surface area contributed by atoms with Crippen molar-refractivity contribution in [3.8, 4) is 0 Å². The van der Waals surface area contributed by atoms with Crippen LogP contribution in [-0.2, 0) is 11.8 Å². The molecule has 0 aliphatic carbocycles. The highest BCUT2D eigenvalue weighted by Gasteiger charge is 2.11. The van der Waals surface area contributed by atoms with Crippen LogP contribution in [0.4, 0.5) is 15.0 Å². The Morgan fingerprint density at radius 1 is 1.47 bits per heavy atom. The van der Waals surface area contributed by atoms with Crippen molar-refractivity contribution < 1.29 is 13.9 Å². The summed E-state index contributed by atoms with van der Waals surface area (Å²) in [7, 11) is 1.37. The molecule has 0 atom stereocenters. The number of hydrogen-bond acceptors (Lipinski definition) is 4. The third kappa shape index (κ3) is 5.07. The molecule has 106 valence electrons. The summed E-state index contributed by atoms with van der Waals surface area (Å²) in [5, 5.41) is 2.11. The van der Waals surface area contributed by atoms with E-state index in [1.807, 2.05) is 0 Å². The molecule has 1 aromatic heterocycles. The molecule has 1 rings (SSSR count). The molecule has 6 nitrogen and oxygen atoms in total. The molecule has 1 heterocycles. The van der Waals surface area contributed by atoms with Crippen molar-refractivity contribution in [2.24, 2.45) is 7.05 Å². The molecule has 0 unspecified atom stereocenters. The number of rotatable bonds is 6. The lowest BCUT2D eigenvalue weighted by Crippen LogP contribution is -2.24. The van der Waals surface area contributed by atoms with Crippen molar-refractivity contribution in [3.05, 3.63) is 22.5 Å². The second-order valence-electron chi connectivity index (χ2n) is 4.15. The molecular formula is C12H18FN3O3. The number of anilines is 1. The lowest BCUT2D eigenvalue weighted by Gasteiger charge is -2.07. The average Bonchev–Trinajstić information content (AvgIpc) is 2.35. The first kappa shape index (κ1) is 15.1. The second kappa shape index (κ2) is 7.50. The number of aromatic nitrogens is 2. The Morgan fingerprint density at radius 2 is 2.21 bits per heavy atom. The molecule has 0 aliphatic heterocycles. The van der Waals surface area contributed by atoms with Crippen LogP contribution in [0.1, 0.15) is 32.6 Å². The van der Waals surface area contributed by atoms with Gasteiger partial charge >= 0.3 is 11.8 Å². The predicted molar refractivity (Wildman–Crippen MR) is 68.5 cm³/mol. The Balaban J connectivity index is 2.44. The van der Waals surface area contributed by atoms with Gasteiger partial charge in [0.1, 0.15) is 0 Å². The highest BCUT2D eigenvalue weighted by Crippen LogP contribution is 2.07. The summed E-state index contributed by atoms with van der Waals surface area (Å²) in [5.74, 6) is -1.20. The molecule has 0 bridgehead atoms.